The molecule has 1 aliphatic heterocycles. The van der Waals surface area contributed by atoms with Gasteiger partial charge in [0.25, 0.3) is 0 Å². The minimum Gasteiger partial charge on any atom is -0.492 e. The average Bonchev–Trinajstić information content (AvgIpc) is 2.50. The molecule has 1 N–H and O–H groups in total. The summed E-state index contributed by atoms with van der Waals surface area (Å²) in [5.41, 5.74) is 2.59. The van der Waals surface area contributed by atoms with Crippen molar-refractivity contribution in [2.75, 3.05) is 13.7 Å². The molecule has 1 aromatic carbocycles. The van der Waals surface area contributed by atoms with E-state index in [4.69, 9.17) is 17.0 Å². The van der Waals surface area contributed by atoms with E-state index in [9.17, 15) is 4.79 Å². The van der Waals surface area contributed by atoms with Crippen molar-refractivity contribution in [2.24, 2.45) is 0 Å². The average molecular weight is 397 g/mol. The maximum atomic E-state index is 12.1. The Hall–Kier alpha value is -1.40. The van der Waals surface area contributed by atoms with Gasteiger partial charge in [-0.1, -0.05) is 13.0 Å². The van der Waals surface area contributed by atoms with Gasteiger partial charge in [-0.2, -0.15) is 0 Å². The first-order valence-corrected chi connectivity index (χ1v) is 8.75. The number of rotatable bonds is 5. The Balaban J connectivity index is 2.41. The number of ketones is 1. The van der Waals surface area contributed by atoms with Crippen LogP contribution in [0.15, 0.2) is 33.9 Å². The fourth-order valence-electron chi connectivity index (χ4n) is 2.57. The number of hydrogen-bond acceptors (Lipinski definition) is 3. The molecule has 0 amide bonds. The van der Waals surface area contributed by atoms with Crippen LogP contribution in [0.1, 0.15) is 38.8 Å². The second-order valence-corrected chi connectivity index (χ2v) is 6.78. The molecule has 2 rings (SSSR count). The molecule has 124 valence electrons. The molecule has 0 spiro atoms. The Morgan fingerprint density at radius 1 is 1.48 bits per heavy atom. The van der Waals surface area contributed by atoms with Crippen LogP contribution < -0.4 is 10.1 Å². The highest BCUT2D eigenvalue weighted by Gasteiger charge is 2.30. The summed E-state index contributed by atoms with van der Waals surface area (Å²) in [5.74, 6) is 0.841. The summed E-state index contributed by atoms with van der Waals surface area (Å²) in [6.07, 6.45) is 0.954. The molecule has 0 saturated carbocycles. The number of benzene rings is 1. The lowest BCUT2D eigenvalue weighted by atomic mass is 9.92. The van der Waals surface area contributed by atoms with Crippen LogP contribution in [0.2, 0.25) is 0 Å². The Morgan fingerprint density at radius 3 is 2.74 bits per heavy atom. The van der Waals surface area contributed by atoms with Gasteiger partial charge in [0.1, 0.15) is 5.75 Å². The number of carbonyl (C=O) groups is 1. The van der Waals surface area contributed by atoms with Gasteiger partial charge < -0.3 is 15.0 Å². The van der Waals surface area contributed by atoms with Crippen LogP contribution in [0.25, 0.3) is 0 Å². The van der Waals surface area contributed by atoms with Crippen LogP contribution in [-0.2, 0) is 4.79 Å². The highest BCUT2D eigenvalue weighted by molar-refractivity contribution is 9.10. The molecule has 0 fully saturated rings. The van der Waals surface area contributed by atoms with Crippen LogP contribution in [-0.4, -0.2) is 29.5 Å². The van der Waals surface area contributed by atoms with Crippen molar-refractivity contribution in [3.63, 3.8) is 0 Å². The minimum atomic E-state index is -0.243. The molecule has 1 aromatic rings. The van der Waals surface area contributed by atoms with E-state index in [0.717, 1.165) is 33.5 Å². The second kappa shape index (κ2) is 7.45. The molecular weight excluding hydrogens is 376 g/mol. The molecule has 1 heterocycles. The number of halogens is 1. The largest absolute Gasteiger partial charge is 0.492 e. The van der Waals surface area contributed by atoms with Crippen LogP contribution in [0, 0.1) is 0 Å². The Bertz CT molecular complexity index is 673. The molecule has 4 nitrogen and oxygen atoms in total. The summed E-state index contributed by atoms with van der Waals surface area (Å²) in [6.45, 7) is 6.25. The van der Waals surface area contributed by atoms with Gasteiger partial charge in [0.05, 0.1) is 17.1 Å². The van der Waals surface area contributed by atoms with Crippen LogP contribution in [0.5, 0.6) is 5.75 Å². The normalized spacial score (nSPS) is 18.0. The molecule has 0 bridgehead atoms. The van der Waals surface area contributed by atoms with Gasteiger partial charge in [-0.15, -0.1) is 0 Å². The van der Waals surface area contributed by atoms with E-state index in [1.807, 2.05) is 37.1 Å². The van der Waals surface area contributed by atoms with Crippen LogP contribution in [0.4, 0.5) is 0 Å². The first kappa shape index (κ1) is 17.9. The SMILES string of the molecule is CCCOc1ccc(C2NC(=S)N(C)C(C)=C2C(C)=O)cc1Br. The minimum absolute atomic E-state index is 0.0387. The van der Waals surface area contributed by atoms with Gasteiger partial charge in [0, 0.05) is 18.3 Å². The standard InChI is InChI=1S/C17H21BrN2O2S/c1-5-8-22-14-7-6-12(9-13(14)18)16-15(11(3)21)10(2)20(4)17(23)19-16/h6-7,9,16H,5,8H2,1-4H3,(H,19,23). The van der Waals surface area contributed by atoms with E-state index < -0.39 is 0 Å². The first-order valence-electron chi connectivity index (χ1n) is 7.55. The van der Waals surface area contributed by atoms with E-state index in [1.165, 1.54) is 0 Å². The van der Waals surface area contributed by atoms with Gasteiger partial charge in [0.2, 0.25) is 0 Å². The number of carbonyl (C=O) groups excluding carboxylic acids is 1. The molecule has 23 heavy (non-hydrogen) atoms. The lowest BCUT2D eigenvalue weighted by Crippen LogP contribution is -2.45. The zero-order chi connectivity index (χ0) is 17.1. The molecular formula is C17H21BrN2O2S. The molecule has 1 atom stereocenters. The number of Topliss-reactive ketones (excluding diaryl/α,β-unsaturated/α-hetero) is 1. The third kappa shape index (κ3) is 3.75. The Morgan fingerprint density at radius 2 is 2.17 bits per heavy atom. The highest BCUT2D eigenvalue weighted by Crippen LogP contribution is 2.34. The number of nitrogens with zero attached hydrogens (tertiary/aromatic N) is 1. The van der Waals surface area contributed by atoms with Crippen LogP contribution >= 0.6 is 28.1 Å². The molecule has 0 aliphatic carbocycles. The summed E-state index contributed by atoms with van der Waals surface area (Å²) < 4.78 is 6.55. The lowest BCUT2D eigenvalue weighted by molar-refractivity contribution is -0.114. The van der Waals surface area contributed by atoms with E-state index >= 15 is 0 Å². The second-order valence-electron chi connectivity index (χ2n) is 5.54. The summed E-state index contributed by atoms with van der Waals surface area (Å²) in [5, 5.41) is 3.86. The summed E-state index contributed by atoms with van der Waals surface area (Å²) in [6, 6.07) is 5.63. The number of allylic oxidation sites excluding steroid dienone is 1. The monoisotopic (exact) mass is 396 g/mol. The number of ether oxygens (including phenoxy) is 1. The van der Waals surface area contributed by atoms with E-state index in [2.05, 4.69) is 28.2 Å². The first-order chi connectivity index (χ1) is 10.9. The van der Waals surface area contributed by atoms with Crippen molar-refractivity contribution in [3.05, 3.63) is 39.5 Å². The Kier molecular flexibility index (Phi) is 5.81. The summed E-state index contributed by atoms with van der Waals surface area (Å²) in [7, 11) is 1.86. The van der Waals surface area contributed by atoms with Crippen LogP contribution in [0.3, 0.4) is 0 Å². The lowest BCUT2D eigenvalue weighted by Gasteiger charge is -2.35. The molecule has 6 heteroatoms. The van der Waals surface area contributed by atoms with Crippen molar-refractivity contribution in [2.45, 2.75) is 33.2 Å². The zero-order valence-corrected chi connectivity index (χ0v) is 16.2. The molecule has 0 aromatic heterocycles. The van der Waals surface area contributed by atoms with E-state index in [-0.39, 0.29) is 11.8 Å². The predicted molar refractivity (Wildman–Crippen MR) is 99.5 cm³/mol. The smallest absolute Gasteiger partial charge is 0.173 e. The molecule has 0 radical (unpaired) electrons. The number of thiocarbonyl (C=S) groups is 1. The van der Waals surface area contributed by atoms with Crippen molar-refractivity contribution in [1.82, 2.24) is 10.2 Å². The summed E-state index contributed by atoms with van der Waals surface area (Å²) >= 11 is 8.92. The fourth-order valence-corrected chi connectivity index (χ4v) is 3.33. The fraction of sp³-hybridized carbons (Fsp3) is 0.412. The third-order valence-corrected chi connectivity index (χ3v) is 4.90. The highest BCUT2D eigenvalue weighted by atomic mass is 79.9. The topological polar surface area (TPSA) is 41.6 Å². The molecule has 0 saturated heterocycles. The number of nitrogens with one attached hydrogen (secondary N) is 1. The van der Waals surface area contributed by atoms with Gasteiger partial charge in [-0.3, -0.25) is 4.79 Å². The van der Waals surface area contributed by atoms with Crippen molar-refractivity contribution >= 4 is 39.0 Å². The maximum Gasteiger partial charge on any atom is 0.173 e. The molecule has 1 aliphatic rings. The Labute approximate surface area is 151 Å². The van der Waals surface area contributed by atoms with E-state index in [0.29, 0.717) is 11.7 Å². The third-order valence-electron chi connectivity index (χ3n) is 3.88. The number of hydrogen-bond donors (Lipinski definition) is 1. The maximum absolute atomic E-state index is 12.1. The summed E-state index contributed by atoms with van der Waals surface area (Å²) in [4.78, 5) is 14.0. The molecule has 1 unspecified atom stereocenters. The van der Waals surface area contributed by atoms with Gasteiger partial charge >= 0.3 is 0 Å². The predicted octanol–water partition coefficient (Wildman–Crippen LogP) is 3.96. The van der Waals surface area contributed by atoms with Crippen molar-refractivity contribution < 1.29 is 9.53 Å². The van der Waals surface area contributed by atoms with Crippen molar-refractivity contribution in [3.8, 4) is 5.75 Å². The van der Waals surface area contributed by atoms with Gasteiger partial charge in [0.15, 0.2) is 10.9 Å². The van der Waals surface area contributed by atoms with E-state index in [1.54, 1.807) is 6.92 Å². The van der Waals surface area contributed by atoms with Gasteiger partial charge in [-0.25, -0.2) is 0 Å². The van der Waals surface area contributed by atoms with Gasteiger partial charge in [-0.05, 0) is 66.1 Å². The quantitative estimate of drug-likeness (QED) is 0.762. The zero-order valence-electron chi connectivity index (χ0n) is 13.8. The van der Waals surface area contributed by atoms with Crippen molar-refractivity contribution in [1.29, 1.82) is 0 Å².